The molecule has 0 heterocycles. The summed E-state index contributed by atoms with van der Waals surface area (Å²) in [7, 11) is 0. The van der Waals surface area contributed by atoms with E-state index in [0.29, 0.717) is 31.8 Å². The van der Waals surface area contributed by atoms with Crippen LogP contribution >= 0.6 is 0 Å². The van der Waals surface area contributed by atoms with Gasteiger partial charge in [-0.05, 0) is 25.5 Å². The van der Waals surface area contributed by atoms with Crippen LogP contribution in [-0.4, -0.2) is 24.8 Å². The Hall–Kier alpha value is -1.84. The number of Topliss-reactive ketones (excluding diaryl/α,β-unsaturated/α-hetero) is 2. The number of ketones is 2. The van der Waals surface area contributed by atoms with Gasteiger partial charge in [0.1, 0.15) is 23.1 Å². The van der Waals surface area contributed by atoms with Crippen LogP contribution in [0.2, 0.25) is 0 Å². The van der Waals surface area contributed by atoms with E-state index in [1.165, 1.54) is 0 Å². The molecule has 1 aliphatic carbocycles. The summed E-state index contributed by atoms with van der Waals surface area (Å²) in [5.41, 5.74) is 0.928. The summed E-state index contributed by atoms with van der Waals surface area (Å²) in [6.45, 7) is 4.96. The van der Waals surface area contributed by atoms with Gasteiger partial charge in [-0.1, -0.05) is 6.07 Å². The maximum absolute atomic E-state index is 11.6. The van der Waals surface area contributed by atoms with E-state index in [1.807, 2.05) is 32.0 Å². The standard InChI is InChI=1S/C16H20O4/c1-3-19-14-5-6-15(16(10-14)20-4-2)11-7-12(17)9-13(18)8-11/h5-6,10-11H,3-4,7-9H2,1-2H3. The average Bonchev–Trinajstić information content (AvgIpc) is 2.38. The smallest absolute Gasteiger partial charge is 0.140 e. The number of benzene rings is 1. The molecule has 1 aromatic carbocycles. The number of hydrogen-bond acceptors (Lipinski definition) is 4. The highest BCUT2D eigenvalue weighted by atomic mass is 16.5. The van der Waals surface area contributed by atoms with Crippen molar-refractivity contribution in [2.45, 2.75) is 39.0 Å². The van der Waals surface area contributed by atoms with Crippen LogP contribution in [0, 0.1) is 0 Å². The van der Waals surface area contributed by atoms with Gasteiger partial charge >= 0.3 is 0 Å². The molecule has 2 rings (SSSR count). The molecule has 4 heteroatoms. The zero-order chi connectivity index (χ0) is 14.5. The summed E-state index contributed by atoms with van der Waals surface area (Å²) in [6, 6.07) is 5.61. The second kappa shape index (κ2) is 6.55. The monoisotopic (exact) mass is 276 g/mol. The van der Waals surface area contributed by atoms with Crippen molar-refractivity contribution in [3.8, 4) is 11.5 Å². The minimum Gasteiger partial charge on any atom is -0.494 e. The van der Waals surface area contributed by atoms with Gasteiger partial charge in [0.15, 0.2) is 0 Å². The minimum absolute atomic E-state index is 0.0163. The normalized spacial score (nSPS) is 16.3. The molecule has 0 atom stereocenters. The second-order valence-electron chi connectivity index (χ2n) is 4.92. The van der Waals surface area contributed by atoms with Crippen LogP contribution in [0.15, 0.2) is 18.2 Å². The van der Waals surface area contributed by atoms with Crippen molar-refractivity contribution >= 4 is 11.6 Å². The van der Waals surface area contributed by atoms with Gasteiger partial charge in [0.25, 0.3) is 0 Å². The topological polar surface area (TPSA) is 52.6 Å². The lowest BCUT2D eigenvalue weighted by Crippen LogP contribution is -2.21. The molecule has 1 aliphatic rings. The Labute approximate surface area is 119 Å². The third kappa shape index (κ3) is 3.38. The van der Waals surface area contributed by atoms with Crippen LogP contribution in [0.4, 0.5) is 0 Å². The molecule has 0 amide bonds. The van der Waals surface area contributed by atoms with Gasteiger partial charge < -0.3 is 9.47 Å². The van der Waals surface area contributed by atoms with Crippen molar-refractivity contribution in [2.75, 3.05) is 13.2 Å². The molecule has 0 aromatic heterocycles. The molecule has 1 saturated carbocycles. The predicted octanol–water partition coefficient (Wildman–Crippen LogP) is 2.89. The molecule has 0 radical (unpaired) electrons. The first kappa shape index (κ1) is 14.6. The number of hydrogen-bond donors (Lipinski definition) is 0. The molecular weight excluding hydrogens is 256 g/mol. The van der Waals surface area contributed by atoms with Gasteiger partial charge in [-0.2, -0.15) is 0 Å². The Morgan fingerprint density at radius 3 is 2.30 bits per heavy atom. The zero-order valence-electron chi connectivity index (χ0n) is 12.0. The summed E-state index contributed by atoms with van der Waals surface area (Å²) >= 11 is 0. The van der Waals surface area contributed by atoms with E-state index < -0.39 is 0 Å². The van der Waals surface area contributed by atoms with Crippen molar-refractivity contribution in [3.05, 3.63) is 23.8 Å². The van der Waals surface area contributed by atoms with Crippen LogP contribution in [0.5, 0.6) is 11.5 Å². The summed E-state index contributed by atoms with van der Waals surface area (Å²) in [4.78, 5) is 23.2. The lowest BCUT2D eigenvalue weighted by Gasteiger charge is -2.23. The third-order valence-corrected chi connectivity index (χ3v) is 3.38. The minimum atomic E-state index is -0.0685. The van der Waals surface area contributed by atoms with Gasteiger partial charge in [0.05, 0.1) is 19.6 Å². The van der Waals surface area contributed by atoms with Crippen molar-refractivity contribution in [3.63, 3.8) is 0 Å². The van der Waals surface area contributed by atoms with Crippen molar-refractivity contribution in [1.82, 2.24) is 0 Å². The third-order valence-electron chi connectivity index (χ3n) is 3.38. The van der Waals surface area contributed by atoms with Crippen LogP contribution in [0.3, 0.4) is 0 Å². The van der Waals surface area contributed by atoms with Gasteiger partial charge in [0.2, 0.25) is 0 Å². The predicted molar refractivity (Wildman–Crippen MR) is 75.4 cm³/mol. The first-order valence-corrected chi connectivity index (χ1v) is 7.07. The van der Waals surface area contributed by atoms with Crippen LogP contribution in [-0.2, 0) is 9.59 Å². The molecule has 108 valence electrons. The van der Waals surface area contributed by atoms with Gasteiger partial charge in [-0.3, -0.25) is 9.59 Å². The van der Waals surface area contributed by atoms with Crippen LogP contribution < -0.4 is 9.47 Å². The molecule has 1 aromatic rings. The maximum atomic E-state index is 11.6. The Kier molecular flexibility index (Phi) is 4.77. The van der Waals surface area contributed by atoms with E-state index >= 15 is 0 Å². The highest BCUT2D eigenvalue weighted by molar-refractivity contribution is 6.02. The fourth-order valence-electron chi connectivity index (χ4n) is 2.59. The molecular formula is C16H20O4. The van der Waals surface area contributed by atoms with Crippen molar-refractivity contribution in [1.29, 1.82) is 0 Å². The van der Waals surface area contributed by atoms with E-state index in [4.69, 9.17) is 9.47 Å². The van der Waals surface area contributed by atoms with E-state index in [1.54, 1.807) is 0 Å². The van der Waals surface area contributed by atoms with Crippen LogP contribution in [0.25, 0.3) is 0 Å². The first-order chi connectivity index (χ1) is 9.63. The van der Waals surface area contributed by atoms with Gasteiger partial charge in [0, 0.05) is 24.8 Å². The highest BCUT2D eigenvalue weighted by Crippen LogP contribution is 2.37. The molecule has 4 nitrogen and oxygen atoms in total. The van der Waals surface area contributed by atoms with Crippen molar-refractivity contribution in [2.24, 2.45) is 0 Å². The molecule has 0 aliphatic heterocycles. The molecule has 0 spiro atoms. The molecule has 20 heavy (non-hydrogen) atoms. The van der Waals surface area contributed by atoms with E-state index in [-0.39, 0.29) is 23.9 Å². The highest BCUT2D eigenvalue weighted by Gasteiger charge is 2.28. The number of rotatable bonds is 5. The molecule has 0 bridgehead atoms. The second-order valence-corrected chi connectivity index (χ2v) is 4.92. The Balaban J connectivity index is 2.29. The molecule has 0 N–H and O–H groups in total. The van der Waals surface area contributed by atoms with Gasteiger partial charge in [-0.25, -0.2) is 0 Å². The van der Waals surface area contributed by atoms with Gasteiger partial charge in [-0.15, -0.1) is 0 Å². The average molecular weight is 276 g/mol. The molecule has 1 fully saturated rings. The van der Waals surface area contributed by atoms with Crippen molar-refractivity contribution < 1.29 is 19.1 Å². The Bertz CT molecular complexity index is 491. The zero-order valence-corrected chi connectivity index (χ0v) is 12.0. The summed E-state index contributed by atoms with van der Waals surface area (Å²) in [5.74, 6) is 1.42. The molecule has 0 saturated heterocycles. The first-order valence-electron chi connectivity index (χ1n) is 7.07. The quantitative estimate of drug-likeness (QED) is 0.776. The summed E-state index contributed by atoms with van der Waals surface area (Å²) < 4.78 is 11.1. The fourth-order valence-corrected chi connectivity index (χ4v) is 2.59. The number of ether oxygens (including phenoxy) is 2. The van der Waals surface area contributed by atoms with E-state index in [0.717, 1.165) is 11.3 Å². The number of carbonyl (C=O) groups is 2. The SMILES string of the molecule is CCOc1ccc(C2CC(=O)CC(=O)C2)c(OCC)c1. The summed E-state index contributed by atoms with van der Waals surface area (Å²) in [6.07, 6.45) is 0.914. The Morgan fingerprint density at radius 2 is 1.70 bits per heavy atom. The Morgan fingerprint density at radius 1 is 1.05 bits per heavy atom. The largest absolute Gasteiger partial charge is 0.494 e. The van der Waals surface area contributed by atoms with Crippen LogP contribution in [0.1, 0.15) is 44.6 Å². The number of carbonyl (C=O) groups excluding carboxylic acids is 2. The van der Waals surface area contributed by atoms with E-state index in [9.17, 15) is 9.59 Å². The summed E-state index contributed by atoms with van der Waals surface area (Å²) in [5, 5.41) is 0. The lowest BCUT2D eigenvalue weighted by molar-refractivity contribution is -0.130. The lowest BCUT2D eigenvalue weighted by atomic mass is 9.82. The van der Waals surface area contributed by atoms with E-state index in [2.05, 4.69) is 0 Å². The fraction of sp³-hybridized carbons (Fsp3) is 0.500. The molecule has 0 unspecified atom stereocenters. The maximum Gasteiger partial charge on any atom is 0.140 e.